The Kier molecular flexibility index (Phi) is 9.14. The lowest BCUT2D eigenvalue weighted by molar-refractivity contribution is -0.168. The van der Waals surface area contributed by atoms with E-state index in [4.69, 9.17) is 9.47 Å². The second kappa shape index (κ2) is 9.46. The van der Waals surface area contributed by atoms with E-state index in [0.29, 0.717) is 18.9 Å². The summed E-state index contributed by atoms with van der Waals surface area (Å²) in [5, 5.41) is 0. The smallest absolute Gasteiger partial charge is 0.308 e. The zero-order valence-corrected chi connectivity index (χ0v) is 12.0. The van der Waals surface area contributed by atoms with Gasteiger partial charge in [0, 0.05) is 5.92 Å². The van der Waals surface area contributed by atoms with Crippen LogP contribution in [0.25, 0.3) is 0 Å². The van der Waals surface area contributed by atoms with E-state index in [1.165, 1.54) is 0 Å². The maximum atomic E-state index is 11.2. The van der Waals surface area contributed by atoms with Crippen LogP contribution in [0.5, 0.6) is 0 Å². The summed E-state index contributed by atoms with van der Waals surface area (Å²) in [7, 11) is 0. The van der Waals surface area contributed by atoms with Crippen LogP contribution in [-0.4, -0.2) is 18.9 Å². The molecule has 0 saturated carbocycles. The molecule has 3 nitrogen and oxygen atoms in total. The molecule has 1 saturated heterocycles. The number of esters is 1. The average molecular weight is 244 g/mol. The van der Waals surface area contributed by atoms with Crippen LogP contribution in [0.2, 0.25) is 0 Å². The van der Waals surface area contributed by atoms with Crippen LogP contribution < -0.4 is 0 Å². The van der Waals surface area contributed by atoms with E-state index < -0.39 is 0 Å². The largest absolute Gasteiger partial charge is 0.435 e. The van der Waals surface area contributed by atoms with Gasteiger partial charge in [-0.25, -0.2) is 0 Å². The van der Waals surface area contributed by atoms with Gasteiger partial charge < -0.3 is 9.47 Å². The molecule has 0 spiro atoms. The van der Waals surface area contributed by atoms with Gasteiger partial charge >= 0.3 is 5.97 Å². The molecule has 0 bridgehead atoms. The first-order valence-electron chi connectivity index (χ1n) is 6.94. The van der Waals surface area contributed by atoms with Crippen LogP contribution in [0, 0.1) is 11.8 Å². The molecule has 102 valence electrons. The third kappa shape index (κ3) is 6.67. The molecule has 1 aliphatic heterocycles. The number of hydrogen-bond acceptors (Lipinski definition) is 3. The van der Waals surface area contributed by atoms with Crippen LogP contribution in [0.4, 0.5) is 0 Å². The van der Waals surface area contributed by atoms with E-state index in [1.54, 1.807) is 0 Å². The summed E-state index contributed by atoms with van der Waals surface area (Å²) >= 11 is 0. The third-order valence-corrected chi connectivity index (χ3v) is 2.62. The maximum Gasteiger partial charge on any atom is 0.308 e. The quantitative estimate of drug-likeness (QED) is 0.527. The van der Waals surface area contributed by atoms with E-state index in [1.807, 2.05) is 13.8 Å². The molecule has 1 rings (SSSR count). The summed E-state index contributed by atoms with van der Waals surface area (Å²) in [5.74, 6) is 0.735. The molecule has 0 amide bonds. The van der Waals surface area contributed by atoms with Gasteiger partial charge in [0.05, 0.1) is 13.0 Å². The standard InChI is InChI=1S/C12H22O3.C2H6/c1-4-5-6-14-12-10(7-9(2)3)8-11(13)15-12;1-2/h9-10,12H,4-8H2,1-3H3;1-2H3. The lowest BCUT2D eigenvalue weighted by atomic mass is 9.95. The van der Waals surface area contributed by atoms with Gasteiger partial charge in [-0.3, -0.25) is 4.79 Å². The van der Waals surface area contributed by atoms with Crippen LogP contribution in [0.15, 0.2) is 0 Å². The first kappa shape index (κ1) is 16.4. The van der Waals surface area contributed by atoms with E-state index >= 15 is 0 Å². The summed E-state index contributed by atoms with van der Waals surface area (Å²) in [6.45, 7) is 11.1. The van der Waals surface area contributed by atoms with Gasteiger partial charge in [-0.05, 0) is 18.8 Å². The molecule has 0 N–H and O–H groups in total. The second-order valence-electron chi connectivity index (χ2n) is 4.68. The fourth-order valence-corrected chi connectivity index (χ4v) is 1.90. The molecule has 0 aromatic rings. The van der Waals surface area contributed by atoms with Crippen molar-refractivity contribution in [3.63, 3.8) is 0 Å². The number of ether oxygens (including phenoxy) is 2. The number of carbonyl (C=O) groups is 1. The number of rotatable bonds is 6. The average Bonchev–Trinajstić information content (AvgIpc) is 2.61. The minimum Gasteiger partial charge on any atom is -0.435 e. The van der Waals surface area contributed by atoms with Crippen LogP contribution in [0.3, 0.4) is 0 Å². The molecule has 1 fully saturated rings. The monoisotopic (exact) mass is 244 g/mol. The Bertz CT molecular complexity index is 202. The highest BCUT2D eigenvalue weighted by atomic mass is 16.7. The van der Waals surface area contributed by atoms with Crippen molar-refractivity contribution in [1.82, 2.24) is 0 Å². The zero-order valence-electron chi connectivity index (χ0n) is 12.0. The summed E-state index contributed by atoms with van der Waals surface area (Å²) in [4.78, 5) is 11.2. The Morgan fingerprint density at radius 3 is 2.59 bits per heavy atom. The first-order valence-corrected chi connectivity index (χ1v) is 6.94. The van der Waals surface area contributed by atoms with Crippen LogP contribution >= 0.6 is 0 Å². The minimum atomic E-state index is -0.286. The highest BCUT2D eigenvalue weighted by Crippen LogP contribution is 2.29. The topological polar surface area (TPSA) is 35.5 Å². The highest BCUT2D eigenvalue weighted by molar-refractivity contribution is 5.71. The Labute approximate surface area is 106 Å². The molecule has 3 heteroatoms. The fourth-order valence-electron chi connectivity index (χ4n) is 1.90. The molecule has 0 radical (unpaired) electrons. The summed E-state index contributed by atoms with van der Waals surface area (Å²) in [6.07, 6.45) is 3.38. The van der Waals surface area contributed by atoms with Crippen molar-refractivity contribution in [2.24, 2.45) is 11.8 Å². The van der Waals surface area contributed by atoms with Crippen molar-refractivity contribution < 1.29 is 14.3 Å². The minimum absolute atomic E-state index is 0.109. The van der Waals surface area contributed by atoms with E-state index in [0.717, 1.165) is 19.3 Å². The molecule has 2 atom stereocenters. The Morgan fingerprint density at radius 2 is 2.06 bits per heavy atom. The first-order chi connectivity index (χ1) is 8.13. The van der Waals surface area contributed by atoms with Crippen molar-refractivity contribution in [3.8, 4) is 0 Å². The molecular weight excluding hydrogens is 216 g/mol. The predicted molar refractivity (Wildman–Crippen MR) is 69.7 cm³/mol. The summed E-state index contributed by atoms with van der Waals surface area (Å²) < 4.78 is 10.7. The number of cyclic esters (lactones) is 1. The van der Waals surface area contributed by atoms with E-state index in [2.05, 4.69) is 20.8 Å². The van der Waals surface area contributed by atoms with Crippen molar-refractivity contribution in [3.05, 3.63) is 0 Å². The Balaban J connectivity index is 0.00000121. The van der Waals surface area contributed by atoms with Crippen LogP contribution in [0.1, 0.15) is 60.3 Å². The SMILES string of the molecule is CC.CCCCOC1OC(=O)CC1CC(C)C. The lowest BCUT2D eigenvalue weighted by Gasteiger charge is -2.19. The van der Waals surface area contributed by atoms with Gasteiger partial charge in [0.1, 0.15) is 0 Å². The summed E-state index contributed by atoms with van der Waals surface area (Å²) in [5.41, 5.74) is 0. The molecule has 0 aromatic heterocycles. The van der Waals surface area contributed by atoms with Crippen molar-refractivity contribution in [2.75, 3.05) is 6.61 Å². The van der Waals surface area contributed by atoms with Crippen molar-refractivity contribution in [1.29, 1.82) is 0 Å². The van der Waals surface area contributed by atoms with Gasteiger partial charge in [0.25, 0.3) is 0 Å². The molecule has 2 unspecified atom stereocenters. The number of carbonyl (C=O) groups excluding carboxylic acids is 1. The van der Waals surface area contributed by atoms with Gasteiger partial charge in [-0.15, -0.1) is 0 Å². The molecule has 1 aliphatic rings. The van der Waals surface area contributed by atoms with Crippen molar-refractivity contribution >= 4 is 5.97 Å². The number of hydrogen-bond donors (Lipinski definition) is 0. The Hall–Kier alpha value is -0.570. The van der Waals surface area contributed by atoms with E-state index in [-0.39, 0.29) is 18.2 Å². The van der Waals surface area contributed by atoms with Gasteiger partial charge in [-0.1, -0.05) is 41.0 Å². The van der Waals surface area contributed by atoms with Crippen LogP contribution in [-0.2, 0) is 14.3 Å². The van der Waals surface area contributed by atoms with Gasteiger partial charge in [0.15, 0.2) is 0 Å². The van der Waals surface area contributed by atoms with Crippen molar-refractivity contribution in [2.45, 2.75) is 66.6 Å². The zero-order chi connectivity index (χ0) is 13.3. The molecule has 1 heterocycles. The second-order valence-corrected chi connectivity index (χ2v) is 4.68. The predicted octanol–water partition coefficient (Wildman–Crippen LogP) is 3.76. The molecule has 17 heavy (non-hydrogen) atoms. The molecule has 0 aromatic carbocycles. The highest BCUT2D eigenvalue weighted by Gasteiger charge is 2.35. The number of unbranched alkanes of at least 4 members (excludes halogenated alkanes) is 1. The normalized spacial score (nSPS) is 23.3. The third-order valence-electron chi connectivity index (χ3n) is 2.62. The summed E-state index contributed by atoms with van der Waals surface area (Å²) in [6, 6.07) is 0. The Morgan fingerprint density at radius 1 is 1.41 bits per heavy atom. The van der Waals surface area contributed by atoms with Gasteiger partial charge in [0.2, 0.25) is 6.29 Å². The van der Waals surface area contributed by atoms with Gasteiger partial charge in [-0.2, -0.15) is 0 Å². The molecule has 0 aliphatic carbocycles. The molecular formula is C14H28O3. The van der Waals surface area contributed by atoms with E-state index in [9.17, 15) is 4.79 Å². The fraction of sp³-hybridized carbons (Fsp3) is 0.929. The maximum absolute atomic E-state index is 11.2. The lowest BCUT2D eigenvalue weighted by Crippen LogP contribution is -2.22.